The Morgan fingerprint density at radius 3 is 1.95 bits per heavy atom. The molecule has 3 aromatic carbocycles. The summed E-state index contributed by atoms with van der Waals surface area (Å²) >= 11 is 1.61. The first-order chi connectivity index (χ1) is 19.4. The molecule has 2 aromatic heterocycles. The molecular formula is C34H32ClN3O2Pt. The van der Waals surface area contributed by atoms with Crippen LogP contribution < -0.4 is 0 Å². The number of halogens is 1. The minimum absolute atomic E-state index is 0.00563. The second-order valence-electron chi connectivity index (χ2n) is 12.1. The Kier molecular flexibility index (Phi) is 9.11. The molecule has 5 aromatic rings. The molecule has 0 saturated carbocycles. The number of fused-ring (bicyclic) bond motifs is 1. The molecule has 0 radical (unpaired) electrons. The number of nitro groups is 1. The van der Waals surface area contributed by atoms with E-state index in [0.717, 1.165) is 27.6 Å². The Morgan fingerprint density at radius 1 is 0.756 bits per heavy atom. The van der Waals surface area contributed by atoms with E-state index in [9.17, 15) is 10.1 Å². The first kappa shape index (κ1) is 30.6. The van der Waals surface area contributed by atoms with Crippen molar-refractivity contribution in [3.8, 4) is 33.8 Å². The fraction of sp³-hybridized carbons (Fsp3) is 0.235. The molecule has 0 unspecified atom stereocenters. The molecule has 0 bridgehead atoms. The summed E-state index contributed by atoms with van der Waals surface area (Å²) < 4.78 is 0. The van der Waals surface area contributed by atoms with Crippen molar-refractivity contribution in [3.05, 3.63) is 112 Å². The van der Waals surface area contributed by atoms with Gasteiger partial charge >= 0.3 is 28.2 Å². The molecule has 0 N–H and O–H groups in total. The van der Waals surface area contributed by atoms with E-state index in [4.69, 9.17) is 9.97 Å². The van der Waals surface area contributed by atoms with Crippen LogP contribution in [0.15, 0.2) is 85.1 Å². The van der Waals surface area contributed by atoms with Crippen LogP contribution in [-0.2, 0) is 29.6 Å². The van der Waals surface area contributed by atoms with Crippen molar-refractivity contribution in [1.82, 2.24) is 9.97 Å². The van der Waals surface area contributed by atoms with Gasteiger partial charge in [-0.15, -0.1) is 17.7 Å². The first-order valence-electron chi connectivity index (χ1n) is 13.2. The Bertz CT molecular complexity index is 1690. The Hall–Kier alpha value is -3.40. The second kappa shape index (κ2) is 12.2. The molecule has 0 amide bonds. The summed E-state index contributed by atoms with van der Waals surface area (Å²) in [4.78, 5) is 20.8. The van der Waals surface area contributed by atoms with E-state index in [1.165, 1.54) is 23.3 Å². The fourth-order valence-corrected chi connectivity index (χ4v) is 4.57. The van der Waals surface area contributed by atoms with Gasteiger partial charge in [0.25, 0.3) is 0 Å². The summed E-state index contributed by atoms with van der Waals surface area (Å²) in [5.74, 6) is 0. The number of nitro benzene ring substituents is 1. The number of aromatic nitrogens is 2. The summed E-state index contributed by atoms with van der Waals surface area (Å²) in [6.45, 7) is 13.3. The van der Waals surface area contributed by atoms with Gasteiger partial charge in [0.05, 0.1) is 11.4 Å². The number of non-ortho nitro benzene ring substituents is 1. The van der Waals surface area contributed by atoms with Crippen molar-refractivity contribution in [3.63, 3.8) is 0 Å². The van der Waals surface area contributed by atoms with Crippen LogP contribution in [0.2, 0.25) is 0 Å². The van der Waals surface area contributed by atoms with Gasteiger partial charge in [0.1, 0.15) is 0 Å². The number of hydrogen-bond donors (Lipinski definition) is 0. The topological polar surface area (TPSA) is 68.9 Å². The van der Waals surface area contributed by atoms with Gasteiger partial charge in [0.2, 0.25) is 0 Å². The van der Waals surface area contributed by atoms with Crippen molar-refractivity contribution in [1.29, 1.82) is 0 Å². The van der Waals surface area contributed by atoms with Crippen molar-refractivity contribution in [2.45, 2.75) is 52.4 Å². The fourth-order valence-electron chi connectivity index (χ4n) is 4.57. The van der Waals surface area contributed by atoms with Gasteiger partial charge in [0, 0.05) is 16.5 Å². The van der Waals surface area contributed by atoms with Gasteiger partial charge in [-0.25, -0.2) is 0 Å². The average Bonchev–Trinajstić information content (AvgIpc) is 2.96. The van der Waals surface area contributed by atoms with Crippen LogP contribution in [0.3, 0.4) is 0 Å². The normalized spacial score (nSPS) is 11.6. The molecule has 7 heteroatoms. The third kappa shape index (κ3) is 7.09. The van der Waals surface area contributed by atoms with E-state index in [1.807, 2.05) is 36.5 Å². The van der Waals surface area contributed by atoms with Crippen molar-refractivity contribution >= 4 is 25.9 Å². The van der Waals surface area contributed by atoms with Crippen LogP contribution in [-0.4, -0.2) is 14.9 Å². The predicted molar refractivity (Wildman–Crippen MR) is 165 cm³/mol. The molecule has 0 aliphatic rings. The number of pyridine rings is 2. The van der Waals surface area contributed by atoms with Crippen LogP contribution in [0.1, 0.15) is 52.7 Å². The molecule has 2 heterocycles. The molecule has 5 rings (SSSR count). The van der Waals surface area contributed by atoms with Crippen LogP contribution in [0.25, 0.3) is 44.5 Å². The summed E-state index contributed by atoms with van der Waals surface area (Å²) in [7, 11) is 4.61. The molecule has 0 aliphatic heterocycles. The summed E-state index contributed by atoms with van der Waals surface area (Å²) in [5.41, 5.74) is 7.08. The second-order valence-corrected chi connectivity index (χ2v) is 12.1. The number of rotatable bonds is 4. The summed E-state index contributed by atoms with van der Waals surface area (Å²) in [6, 6.07) is 28.7. The van der Waals surface area contributed by atoms with Gasteiger partial charge in [-0.05, 0) is 56.3 Å². The zero-order chi connectivity index (χ0) is 29.9. The molecule has 0 fully saturated rings. The monoisotopic (exact) mass is 744 g/mol. The summed E-state index contributed by atoms with van der Waals surface area (Å²) in [5, 5.41) is 13.6. The molecule has 5 nitrogen and oxygen atoms in total. The van der Waals surface area contributed by atoms with Gasteiger partial charge in [0.15, 0.2) is 5.69 Å². The van der Waals surface area contributed by atoms with Gasteiger partial charge in [-0.1, -0.05) is 102 Å². The van der Waals surface area contributed by atoms with Gasteiger partial charge in [-0.2, -0.15) is 0 Å². The van der Waals surface area contributed by atoms with Crippen LogP contribution in [0.4, 0.5) is 5.69 Å². The molecule has 41 heavy (non-hydrogen) atoms. The van der Waals surface area contributed by atoms with E-state index in [2.05, 4.69) is 87.4 Å². The third-order valence-corrected chi connectivity index (χ3v) is 6.99. The zero-order valence-corrected chi connectivity index (χ0v) is 27.0. The van der Waals surface area contributed by atoms with Crippen LogP contribution in [0.5, 0.6) is 0 Å². The predicted octanol–water partition coefficient (Wildman–Crippen LogP) is 9.62. The molecule has 0 atom stereocenters. The number of benzene rings is 3. The van der Waals surface area contributed by atoms with Crippen molar-refractivity contribution in [2.24, 2.45) is 0 Å². The maximum absolute atomic E-state index is 11.5. The van der Waals surface area contributed by atoms with E-state index in [1.54, 1.807) is 24.8 Å². The van der Waals surface area contributed by atoms with E-state index < -0.39 is 4.92 Å². The molecular weight excluding hydrogens is 713 g/mol. The van der Waals surface area contributed by atoms with Crippen LogP contribution in [0, 0.1) is 16.2 Å². The Labute approximate surface area is 257 Å². The van der Waals surface area contributed by atoms with Gasteiger partial charge < -0.3 is 0 Å². The number of nitrogens with zero attached hydrogens (tertiary/aromatic N) is 3. The first-order valence-corrected chi connectivity index (χ1v) is 16.0. The van der Waals surface area contributed by atoms with E-state index >= 15 is 0 Å². The van der Waals surface area contributed by atoms with E-state index in [0.29, 0.717) is 17.0 Å². The maximum atomic E-state index is 11.5. The van der Waals surface area contributed by atoms with Crippen molar-refractivity contribution in [2.75, 3.05) is 0 Å². The molecule has 0 saturated heterocycles. The standard InChI is InChI=1S/C34H32N3O2.ClH.Pt/c1-33(2,3)27-14-25(15-28(20-27)34(4,5)6)26-18-30(23-12-9-13-29(16-23)37(38)39)36-32(19-26)31-17-22-10-7-8-11-24(22)21-35-31;;/h7-11,13-21H,1-6H3;1H;/q-1;;+2/p-1. The van der Waals surface area contributed by atoms with E-state index in [-0.39, 0.29) is 16.5 Å². The molecule has 212 valence electrons. The molecule has 0 aliphatic carbocycles. The van der Waals surface area contributed by atoms with Gasteiger partial charge in [-0.3, -0.25) is 20.1 Å². The van der Waals surface area contributed by atoms with Crippen molar-refractivity contribution < 1.29 is 23.7 Å². The third-order valence-electron chi connectivity index (χ3n) is 6.99. The summed E-state index contributed by atoms with van der Waals surface area (Å²) in [6.07, 6.45) is 1.86. The quantitative estimate of drug-likeness (QED) is 0.104. The zero-order valence-electron chi connectivity index (χ0n) is 23.9. The van der Waals surface area contributed by atoms with Crippen LogP contribution >= 0.6 is 9.42 Å². The minimum atomic E-state index is -0.393. The molecule has 0 spiro atoms. The average molecular weight is 745 g/mol. The number of hydrogen-bond acceptors (Lipinski definition) is 4. The Morgan fingerprint density at radius 2 is 1.34 bits per heavy atom. The SMILES string of the molecule is CC(C)(C)c1cc(-c2cc(-c3[c-]ccc([N+](=O)[O-])c3)nc(-c3cc4ccccc4cn3)c2)cc(C(C)(C)C)c1.[Cl][Pt+]. The Balaban J connectivity index is 0.00000189.